The molecule has 0 aromatic heterocycles. The monoisotopic (exact) mass is 251 g/mol. The Hall–Kier alpha value is -1.00. The number of nitrogens with one attached hydrogen (secondary N) is 1. The van der Waals surface area contributed by atoms with E-state index in [1.165, 1.54) is 17.6 Å². The topological polar surface area (TPSA) is 38.3 Å². The van der Waals surface area contributed by atoms with Crippen LogP contribution in [0.15, 0.2) is 29.2 Å². The maximum Gasteiger partial charge on any atom is 0.322 e. The van der Waals surface area contributed by atoms with E-state index in [0.29, 0.717) is 0 Å². The van der Waals surface area contributed by atoms with Gasteiger partial charge in [0.1, 0.15) is 6.04 Å². The smallest absolute Gasteiger partial charge is 0.322 e. The van der Waals surface area contributed by atoms with Crippen LogP contribution in [-0.4, -0.2) is 24.9 Å². The molecule has 0 aliphatic carbocycles. The van der Waals surface area contributed by atoms with Crippen LogP contribution in [0.1, 0.15) is 24.9 Å². The molecule has 0 amide bonds. The number of fused-ring (bicyclic) bond motifs is 1. The van der Waals surface area contributed by atoms with E-state index in [0.717, 1.165) is 12.2 Å². The maximum absolute atomic E-state index is 11.6. The second-order valence-corrected chi connectivity index (χ2v) is 5.11. The lowest BCUT2D eigenvalue weighted by molar-refractivity contribution is -0.143. The summed E-state index contributed by atoms with van der Waals surface area (Å²) in [5.74, 6) is 0.800. The molecule has 3 nitrogen and oxygen atoms in total. The number of rotatable bonds is 4. The average Bonchev–Trinajstić information content (AvgIpc) is 2.78. The first-order valence-electron chi connectivity index (χ1n) is 5.81. The summed E-state index contributed by atoms with van der Waals surface area (Å²) in [6.45, 7) is 1.99. The maximum atomic E-state index is 11.6. The minimum absolute atomic E-state index is 0.179. The first kappa shape index (κ1) is 12.5. The van der Waals surface area contributed by atoms with Crippen molar-refractivity contribution >= 4 is 17.7 Å². The molecule has 2 atom stereocenters. The van der Waals surface area contributed by atoms with Crippen molar-refractivity contribution in [2.24, 2.45) is 0 Å². The lowest BCUT2D eigenvalue weighted by Crippen LogP contribution is -2.39. The van der Waals surface area contributed by atoms with Gasteiger partial charge in [-0.05, 0) is 18.1 Å². The quantitative estimate of drug-likeness (QED) is 0.834. The molecule has 17 heavy (non-hydrogen) atoms. The Bertz CT molecular complexity index is 408. The zero-order valence-electron chi connectivity index (χ0n) is 10.1. The normalized spacial score (nSPS) is 19.8. The molecule has 0 saturated carbocycles. The van der Waals surface area contributed by atoms with Crippen molar-refractivity contribution < 1.29 is 9.53 Å². The van der Waals surface area contributed by atoms with E-state index in [2.05, 4.69) is 17.4 Å². The molecule has 1 N–H and O–H groups in total. The van der Waals surface area contributed by atoms with Crippen LogP contribution in [0, 0.1) is 0 Å². The van der Waals surface area contributed by atoms with Gasteiger partial charge < -0.3 is 4.74 Å². The molecule has 1 aromatic rings. The molecule has 0 bridgehead atoms. The van der Waals surface area contributed by atoms with E-state index >= 15 is 0 Å². The number of thioether (sulfide) groups is 1. The van der Waals surface area contributed by atoms with Crippen molar-refractivity contribution in [1.29, 1.82) is 0 Å². The summed E-state index contributed by atoms with van der Waals surface area (Å²) < 4.78 is 4.79. The van der Waals surface area contributed by atoms with Gasteiger partial charge in [-0.15, -0.1) is 11.8 Å². The fraction of sp³-hybridized carbons (Fsp3) is 0.462. The van der Waals surface area contributed by atoms with Crippen LogP contribution in [0.3, 0.4) is 0 Å². The molecule has 4 heteroatoms. The Kier molecular flexibility index (Phi) is 4.07. The third kappa shape index (κ3) is 2.64. The fourth-order valence-electron chi connectivity index (χ4n) is 2.04. The molecule has 2 rings (SSSR count). The van der Waals surface area contributed by atoms with Gasteiger partial charge in [-0.2, -0.15) is 0 Å². The highest BCUT2D eigenvalue weighted by atomic mass is 32.2. The molecule has 0 fully saturated rings. The highest BCUT2D eigenvalue weighted by molar-refractivity contribution is 7.99. The number of carbonyl (C=O) groups is 1. The summed E-state index contributed by atoms with van der Waals surface area (Å²) in [6.07, 6.45) is 0.746. The van der Waals surface area contributed by atoms with Crippen LogP contribution in [-0.2, 0) is 9.53 Å². The second kappa shape index (κ2) is 5.56. The second-order valence-electron chi connectivity index (χ2n) is 4.05. The predicted molar refractivity (Wildman–Crippen MR) is 69.1 cm³/mol. The van der Waals surface area contributed by atoms with Crippen molar-refractivity contribution in [3.05, 3.63) is 29.8 Å². The van der Waals surface area contributed by atoms with Gasteiger partial charge in [-0.3, -0.25) is 10.1 Å². The number of methoxy groups -OCH3 is 1. The minimum Gasteiger partial charge on any atom is -0.468 e. The van der Waals surface area contributed by atoms with Crippen molar-refractivity contribution in [2.45, 2.75) is 30.3 Å². The van der Waals surface area contributed by atoms with Gasteiger partial charge >= 0.3 is 5.97 Å². The molecular formula is C13H17NO2S. The average molecular weight is 251 g/mol. The van der Waals surface area contributed by atoms with Gasteiger partial charge in [0.05, 0.1) is 7.11 Å². The molecular weight excluding hydrogens is 234 g/mol. The van der Waals surface area contributed by atoms with E-state index in [9.17, 15) is 4.79 Å². The highest BCUT2D eigenvalue weighted by Gasteiger charge is 2.27. The van der Waals surface area contributed by atoms with E-state index < -0.39 is 0 Å². The summed E-state index contributed by atoms with van der Waals surface area (Å²) in [5, 5.41) is 3.38. The van der Waals surface area contributed by atoms with Crippen LogP contribution in [0.4, 0.5) is 0 Å². The zero-order chi connectivity index (χ0) is 12.3. The number of esters is 1. The van der Waals surface area contributed by atoms with Gasteiger partial charge in [0.15, 0.2) is 0 Å². The van der Waals surface area contributed by atoms with Crippen molar-refractivity contribution in [3.63, 3.8) is 0 Å². The van der Waals surface area contributed by atoms with Crippen molar-refractivity contribution in [2.75, 3.05) is 12.9 Å². The number of hydrogen-bond acceptors (Lipinski definition) is 4. The molecule has 2 unspecified atom stereocenters. The fourth-order valence-corrected chi connectivity index (χ4v) is 3.21. The van der Waals surface area contributed by atoms with Crippen LogP contribution in [0.2, 0.25) is 0 Å². The Labute approximate surface area is 106 Å². The molecule has 1 aromatic carbocycles. The number of hydrogen-bond donors (Lipinski definition) is 1. The Morgan fingerprint density at radius 2 is 2.35 bits per heavy atom. The predicted octanol–water partition coefficient (Wildman–Crippen LogP) is 2.37. The van der Waals surface area contributed by atoms with Crippen LogP contribution < -0.4 is 5.32 Å². The van der Waals surface area contributed by atoms with Crippen LogP contribution in [0.25, 0.3) is 0 Å². The van der Waals surface area contributed by atoms with Gasteiger partial charge in [0.2, 0.25) is 0 Å². The van der Waals surface area contributed by atoms with E-state index in [4.69, 9.17) is 4.74 Å². The SMILES string of the molecule is CCC(NC1CSc2ccccc21)C(=O)OC. The third-order valence-electron chi connectivity index (χ3n) is 3.00. The summed E-state index contributed by atoms with van der Waals surface area (Å²) in [4.78, 5) is 12.9. The van der Waals surface area contributed by atoms with Crippen molar-refractivity contribution in [3.8, 4) is 0 Å². The van der Waals surface area contributed by atoms with Gasteiger partial charge in [0, 0.05) is 16.7 Å². The summed E-state index contributed by atoms with van der Waals surface area (Å²) in [5.41, 5.74) is 1.29. The minimum atomic E-state index is -0.211. The Balaban J connectivity index is 2.08. The van der Waals surface area contributed by atoms with Crippen molar-refractivity contribution in [1.82, 2.24) is 5.32 Å². The van der Waals surface area contributed by atoms with Crippen LogP contribution in [0.5, 0.6) is 0 Å². The van der Waals surface area contributed by atoms with E-state index in [1.54, 1.807) is 0 Å². The molecule has 92 valence electrons. The number of ether oxygens (including phenoxy) is 1. The molecule has 0 radical (unpaired) electrons. The Morgan fingerprint density at radius 1 is 1.59 bits per heavy atom. The number of benzene rings is 1. The zero-order valence-corrected chi connectivity index (χ0v) is 10.9. The first-order valence-corrected chi connectivity index (χ1v) is 6.80. The molecule has 1 aliphatic rings. The first-order chi connectivity index (χ1) is 8.26. The van der Waals surface area contributed by atoms with Gasteiger partial charge in [0.25, 0.3) is 0 Å². The lowest BCUT2D eigenvalue weighted by atomic mass is 10.1. The summed E-state index contributed by atoms with van der Waals surface area (Å²) >= 11 is 1.83. The third-order valence-corrected chi connectivity index (χ3v) is 4.18. The highest BCUT2D eigenvalue weighted by Crippen LogP contribution is 2.37. The lowest BCUT2D eigenvalue weighted by Gasteiger charge is -2.20. The van der Waals surface area contributed by atoms with Crippen LogP contribution >= 0.6 is 11.8 Å². The summed E-state index contributed by atoms with van der Waals surface area (Å²) in [6, 6.07) is 8.37. The van der Waals surface area contributed by atoms with Gasteiger partial charge in [-0.1, -0.05) is 25.1 Å². The van der Waals surface area contributed by atoms with Gasteiger partial charge in [-0.25, -0.2) is 0 Å². The van der Waals surface area contributed by atoms with E-state index in [-0.39, 0.29) is 18.1 Å². The largest absolute Gasteiger partial charge is 0.468 e. The molecule has 1 aliphatic heterocycles. The Morgan fingerprint density at radius 3 is 3.06 bits per heavy atom. The van der Waals surface area contributed by atoms with E-state index in [1.807, 2.05) is 30.8 Å². The standard InChI is InChI=1S/C13H17NO2S/c1-3-10(13(15)16-2)14-11-8-17-12-7-5-4-6-9(11)12/h4-7,10-11,14H,3,8H2,1-2H3. The molecule has 1 heterocycles. The number of carbonyl (C=O) groups excluding carboxylic acids is 1. The molecule has 0 saturated heterocycles. The summed E-state index contributed by atoms with van der Waals surface area (Å²) in [7, 11) is 1.43. The molecule has 0 spiro atoms.